The van der Waals surface area contributed by atoms with Gasteiger partial charge in [-0.3, -0.25) is 4.79 Å². The monoisotopic (exact) mass is 277 g/mol. The number of nitrogens with zero attached hydrogens (tertiary/aromatic N) is 3. The van der Waals surface area contributed by atoms with Crippen LogP contribution in [0, 0.1) is 5.92 Å². The van der Waals surface area contributed by atoms with Crippen LogP contribution in [-0.4, -0.2) is 44.9 Å². The van der Waals surface area contributed by atoms with Crippen molar-refractivity contribution >= 4 is 11.9 Å². The van der Waals surface area contributed by atoms with Gasteiger partial charge in [-0.2, -0.15) is 0 Å². The van der Waals surface area contributed by atoms with Crippen LogP contribution in [0.5, 0.6) is 0 Å². The van der Waals surface area contributed by atoms with Gasteiger partial charge >= 0.3 is 5.97 Å². The largest absolute Gasteiger partial charge is 0.476 e. The topological polar surface area (TPSA) is 83.4 Å². The molecule has 0 radical (unpaired) electrons. The molecule has 0 saturated heterocycles. The summed E-state index contributed by atoms with van der Waals surface area (Å²) in [6, 6.07) is 0.220. The fraction of sp³-hybridized carbons (Fsp3) is 0.571. The molecule has 1 fully saturated rings. The first-order valence-electron chi connectivity index (χ1n) is 6.83. The number of amides is 1. The SMILES string of the molecule is CC1CCCCC1N(C)C(=O)c1cnc(C(=O)O)cn1. The van der Waals surface area contributed by atoms with Crippen LogP contribution in [0.2, 0.25) is 0 Å². The highest BCUT2D eigenvalue weighted by molar-refractivity contribution is 5.92. The molecule has 1 aliphatic rings. The van der Waals surface area contributed by atoms with Crippen LogP contribution in [0.1, 0.15) is 53.6 Å². The molecule has 0 spiro atoms. The van der Waals surface area contributed by atoms with Crippen LogP contribution in [0.25, 0.3) is 0 Å². The molecule has 1 aromatic heterocycles. The molecule has 6 heteroatoms. The lowest BCUT2D eigenvalue weighted by atomic mass is 9.85. The molecule has 1 amide bonds. The summed E-state index contributed by atoms with van der Waals surface area (Å²) in [6.45, 7) is 2.16. The highest BCUT2D eigenvalue weighted by Crippen LogP contribution is 2.27. The van der Waals surface area contributed by atoms with Crippen LogP contribution in [0.3, 0.4) is 0 Å². The van der Waals surface area contributed by atoms with E-state index in [1.807, 2.05) is 0 Å². The zero-order valence-corrected chi connectivity index (χ0v) is 11.7. The second-order valence-electron chi connectivity index (χ2n) is 5.34. The van der Waals surface area contributed by atoms with Gasteiger partial charge in [0.05, 0.1) is 12.4 Å². The lowest BCUT2D eigenvalue weighted by Crippen LogP contribution is -2.43. The van der Waals surface area contributed by atoms with E-state index in [1.54, 1.807) is 11.9 Å². The van der Waals surface area contributed by atoms with Crippen LogP contribution >= 0.6 is 0 Å². The first kappa shape index (κ1) is 14.4. The van der Waals surface area contributed by atoms with Gasteiger partial charge in [0.15, 0.2) is 5.69 Å². The van der Waals surface area contributed by atoms with E-state index >= 15 is 0 Å². The Morgan fingerprint density at radius 2 is 1.80 bits per heavy atom. The predicted molar refractivity (Wildman–Crippen MR) is 72.5 cm³/mol. The molecule has 1 aliphatic carbocycles. The first-order valence-corrected chi connectivity index (χ1v) is 6.83. The average molecular weight is 277 g/mol. The van der Waals surface area contributed by atoms with Gasteiger partial charge in [-0.05, 0) is 18.8 Å². The van der Waals surface area contributed by atoms with Crippen molar-refractivity contribution in [1.29, 1.82) is 0 Å². The Balaban J connectivity index is 2.11. The Labute approximate surface area is 117 Å². The number of hydrogen-bond acceptors (Lipinski definition) is 4. The second kappa shape index (κ2) is 5.98. The van der Waals surface area contributed by atoms with Crippen molar-refractivity contribution in [3.05, 3.63) is 23.8 Å². The Morgan fingerprint density at radius 1 is 1.20 bits per heavy atom. The quantitative estimate of drug-likeness (QED) is 0.911. The van der Waals surface area contributed by atoms with Gasteiger partial charge in [-0.25, -0.2) is 14.8 Å². The molecule has 2 atom stereocenters. The molecule has 2 rings (SSSR count). The van der Waals surface area contributed by atoms with E-state index in [2.05, 4.69) is 16.9 Å². The summed E-state index contributed by atoms with van der Waals surface area (Å²) in [5, 5.41) is 8.76. The van der Waals surface area contributed by atoms with Crippen molar-refractivity contribution in [3.63, 3.8) is 0 Å². The number of carbonyl (C=O) groups is 2. The van der Waals surface area contributed by atoms with Crippen molar-refractivity contribution in [1.82, 2.24) is 14.9 Å². The zero-order valence-electron chi connectivity index (χ0n) is 11.7. The van der Waals surface area contributed by atoms with Gasteiger partial charge in [-0.1, -0.05) is 19.8 Å². The van der Waals surface area contributed by atoms with Gasteiger partial charge in [0, 0.05) is 13.1 Å². The molecular formula is C14H19N3O3. The molecule has 0 aromatic carbocycles. The smallest absolute Gasteiger partial charge is 0.356 e. The van der Waals surface area contributed by atoms with Crippen molar-refractivity contribution in [2.45, 2.75) is 38.6 Å². The van der Waals surface area contributed by atoms with E-state index in [4.69, 9.17) is 5.11 Å². The van der Waals surface area contributed by atoms with Gasteiger partial charge in [0.25, 0.3) is 5.91 Å². The average Bonchev–Trinajstić information content (AvgIpc) is 2.46. The van der Waals surface area contributed by atoms with E-state index in [9.17, 15) is 9.59 Å². The minimum Gasteiger partial charge on any atom is -0.476 e. The van der Waals surface area contributed by atoms with E-state index in [1.165, 1.54) is 12.6 Å². The third-order valence-corrected chi connectivity index (χ3v) is 3.97. The highest BCUT2D eigenvalue weighted by Gasteiger charge is 2.29. The Kier molecular flexibility index (Phi) is 4.32. The van der Waals surface area contributed by atoms with Crippen molar-refractivity contribution in [2.24, 2.45) is 5.92 Å². The molecule has 0 bridgehead atoms. The Hall–Kier alpha value is -1.98. The van der Waals surface area contributed by atoms with Gasteiger partial charge in [0.1, 0.15) is 5.69 Å². The number of carbonyl (C=O) groups excluding carboxylic acids is 1. The molecule has 1 aromatic rings. The van der Waals surface area contributed by atoms with Gasteiger partial charge in [0.2, 0.25) is 0 Å². The molecule has 2 unspecified atom stereocenters. The lowest BCUT2D eigenvalue weighted by molar-refractivity contribution is 0.0619. The third kappa shape index (κ3) is 2.95. The van der Waals surface area contributed by atoms with Crippen molar-refractivity contribution < 1.29 is 14.7 Å². The molecule has 1 N–H and O–H groups in total. The summed E-state index contributed by atoms with van der Waals surface area (Å²) in [4.78, 5) is 32.4. The van der Waals surface area contributed by atoms with Gasteiger partial charge < -0.3 is 10.0 Å². The summed E-state index contributed by atoms with van der Waals surface area (Å²) >= 11 is 0. The number of carboxylic acids is 1. The molecule has 1 heterocycles. The van der Waals surface area contributed by atoms with Crippen LogP contribution in [0.4, 0.5) is 0 Å². The van der Waals surface area contributed by atoms with E-state index in [0.29, 0.717) is 5.92 Å². The molecule has 1 saturated carbocycles. The third-order valence-electron chi connectivity index (χ3n) is 3.97. The fourth-order valence-electron chi connectivity index (χ4n) is 2.75. The first-order chi connectivity index (χ1) is 9.50. The van der Waals surface area contributed by atoms with Crippen molar-refractivity contribution in [3.8, 4) is 0 Å². The van der Waals surface area contributed by atoms with Crippen LogP contribution < -0.4 is 0 Å². The maximum atomic E-state index is 12.3. The summed E-state index contributed by atoms with van der Waals surface area (Å²) in [6.07, 6.45) is 6.84. The molecule has 108 valence electrons. The molecule has 0 aliphatic heterocycles. The highest BCUT2D eigenvalue weighted by atomic mass is 16.4. The summed E-state index contributed by atoms with van der Waals surface area (Å²) in [5.74, 6) is -0.872. The van der Waals surface area contributed by atoms with Crippen LogP contribution in [0.15, 0.2) is 12.4 Å². The predicted octanol–water partition coefficient (Wildman–Crippen LogP) is 1.83. The van der Waals surface area contributed by atoms with E-state index < -0.39 is 5.97 Å². The summed E-state index contributed by atoms with van der Waals surface area (Å²) < 4.78 is 0. The normalized spacial score (nSPS) is 22.3. The van der Waals surface area contributed by atoms with Crippen molar-refractivity contribution in [2.75, 3.05) is 7.05 Å². The Bertz CT molecular complexity index is 501. The number of rotatable bonds is 3. The van der Waals surface area contributed by atoms with E-state index in [-0.39, 0.29) is 23.3 Å². The van der Waals surface area contributed by atoms with Gasteiger partial charge in [-0.15, -0.1) is 0 Å². The molecule has 20 heavy (non-hydrogen) atoms. The lowest BCUT2D eigenvalue weighted by Gasteiger charge is -2.36. The number of hydrogen-bond donors (Lipinski definition) is 1. The second-order valence-corrected chi connectivity index (χ2v) is 5.34. The van der Waals surface area contributed by atoms with Crippen LogP contribution in [-0.2, 0) is 0 Å². The number of aromatic carboxylic acids is 1. The summed E-state index contributed by atoms with van der Waals surface area (Å²) in [7, 11) is 1.78. The standard InChI is InChI=1S/C14H19N3O3/c1-9-5-3-4-6-12(9)17(2)13(18)10-7-16-11(8-15-10)14(19)20/h7-9,12H,3-6H2,1-2H3,(H,19,20). The molecule has 6 nitrogen and oxygen atoms in total. The minimum absolute atomic E-state index is 0.157. The maximum Gasteiger partial charge on any atom is 0.356 e. The minimum atomic E-state index is -1.15. The van der Waals surface area contributed by atoms with E-state index in [0.717, 1.165) is 25.5 Å². The summed E-state index contributed by atoms with van der Waals surface area (Å²) in [5.41, 5.74) is 0.0329. The number of carboxylic acid groups (broad SMARTS) is 1. The number of aromatic nitrogens is 2. The Morgan fingerprint density at radius 3 is 2.35 bits per heavy atom. The maximum absolute atomic E-state index is 12.3. The fourth-order valence-corrected chi connectivity index (χ4v) is 2.75. The molecular weight excluding hydrogens is 258 g/mol. The zero-order chi connectivity index (χ0) is 14.7.